The lowest BCUT2D eigenvalue weighted by molar-refractivity contribution is -0.140. The van der Waals surface area contributed by atoms with Crippen molar-refractivity contribution in [2.75, 3.05) is 0 Å². The molecule has 0 spiro atoms. The van der Waals surface area contributed by atoms with E-state index in [0.29, 0.717) is 11.8 Å². The first-order valence-electron chi connectivity index (χ1n) is 6.91. The Morgan fingerprint density at radius 3 is 2.67 bits per heavy atom. The fourth-order valence-corrected chi connectivity index (χ4v) is 2.27. The lowest BCUT2D eigenvalue weighted by atomic mass is 9.99. The van der Waals surface area contributed by atoms with Crippen LogP contribution in [0, 0.1) is 5.92 Å². The van der Waals surface area contributed by atoms with Gasteiger partial charge in [0.1, 0.15) is 6.04 Å². The van der Waals surface area contributed by atoms with Gasteiger partial charge >= 0.3 is 5.97 Å². The number of benzene rings is 1. The number of fused-ring (bicyclic) bond motifs is 1. The van der Waals surface area contributed by atoms with Crippen LogP contribution in [0.1, 0.15) is 30.8 Å². The van der Waals surface area contributed by atoms with Crippen LogP contribution < -0.4 is 5.32 Å². The maximum Gasteiger partial charge on any atom is 0.326 e. The van der Waals surface area contributed by atoms with Crippen molar-refractivity contribution in [3.63, 3.8) is 0 Å². The molecule has 6 heteroatoms. The summed E-state index contributed by atoms with van der Waals surface area (Å²) in [5.74, 6) is -1.64. The maximum atomic E-state index is 12.4. The highest BCUT2D eigenvalue weighted by molar-refractivity contribution is 6.05. The van der Waals surface area contributed by atoms with Gasteiger partial charge in [-0.25, -0.2) is 4.79 Å². The molecule has 1 amide bonds. The zero-order valence-electron chi connectivity index (χ0n) is 12.3. The molecular formula is C15H19N3O3. The van der Waals surface area contributed by atoms with Crippen LogP contribution in [-0.4, -0.2) is 32.8 Å². The number of nitrogens with one attached hydrogen (secondary N) is 1. The number of nitrogens with zero attached hydrogens (tertiary/aromatic N) is 2. The smallest absolute Gasteiger partial charge is 0.326 e. The van der Waals surface area contributed by atoms with Crippen LogP contribution in [0.15, 0.2) is 24.3 Å². The lowest BCUT2D eigenvalue weighted by Gasteiger charge is -2.19. The minimum absolute atomic E-state index is 0.151. The first-order valence-corrected chi connectivity index (χ1v) is 6.91. The average Bonchev–Trinajstić information content (AvgIpc) is 2.81. The second-order valence-corrected chi connectivity index (χ2v) is 5.16. The molecule has 2 aromatic rings. The molecule has 2 atom stereocenters. The van der Waals surface area contributed by atoms with Crippen molar-refractivity contribution < 1.29 is 14.7 Å². The summed E-state index contributed by atoms with van der Waals surface area (Å²) in [6.07, 6.45) is 0.667. The van der Waals surface area contributed by atoms with Gasteiger partial charge in [0.2, 0.25) is 0 Å². The number of para-hydroxylation sites is 1. The summed E-state index contributed by atoms with van der Waals surface area (Å²) in [7, 11) is 1.75. The SMILES string of the molecule is CCC(C)[C@H](NC(=O)c1nn(C)c2ccccc12)C(=O)O. The fraction of sp³-hybridized carbons (Fsp3) is 0.400. The predicted octanol–water partition coefficient (Wildman–Crippen LogP) is 1.80. The Morgan fingerprint density at radius 1 is 1.38 bits per heavy atom. The zero-order chi connectivity index (χ0) is 15.6. The third-order valence-corrected chi connectivity index (χ3v) is 3.74. The Labute approximate surface area is 122 Å². The largest absolute Gasteiger partial charge is 0.480 e. The maximum absolute atomic E-state index is 12.4. The van der Waals surface area contributed by atoms with Crippen LogP contribution in [0.2, 0.25) is 0 Å². The van der Waals surface area contributed by atoms with Crippen LogP contribution >= 0.6 is 0 Å². The van der Waals surface area contributed by atoms with E-state index in [9.17, 15) is 14.7 Å². The molecule has 0 radical (unpaired) electrons. The molecule has 1 aromatic heterocycles. The topological polar surface area (TPSA) is 84.2 Å². The molecule has 0 fully saturated rings. The van der Waals surface area contributed by atoms with Crippen LogP contribution in [0.4, 0.5) is 0 Å². The molecule has 2 rings (SSSR count). The number of carboxylic acids is 1. The summed E-state index contributed by atoms with van der Waals surface area (Å²) in [6, 6.07) is 6.44. The lowest BCUT2D eigenvalue weighted by Crippen LogP contribution is -2.45. The second-order valence-electron chi connectivity index (χ2n) is 5.16. The predicted molar refractivity (Wildman–Crippen MR) is 79.1 cm³/mol. The number of carbonyl (C=O) groups excluding carboxylic acids is 1. The van der Waals surface area contributed by atoms with Crippen LogP contribution in [0.5, 0.6) is 0 Å². The highest BCUT2D eigenvalue weighted by Gasteiger charge is 2.27. The van der Waals surface area contributed by atoms with Gasteiger partial charge in [0, 0.05) is 12.4 Å². The fourth-order valence-electron chi connectivity index (χ4n) is 2.27. The molecule has 0 aliphatic heterocycles. The number of amides is 1. The van der Waals surface area contributed by atoms with Gasteiger partial charge in [-0.2, -0.15) is 5.10 Å². The highest BCUT2D eigenvalue weighted by Crippen LogP contribution is 2.18. The third kappa shape index (κ3) is 2.89. The minimum atomic E-state index is -1.03. The van der Waals surface area contributed by atoms with Gasteiger partial charge in [-0.05, 0) is 12.0 Å². The summed E-state index contributed by atoms with van der Waals surface area (Å²) in [6.45, 7) is 3.69. The molecule has 2 N–H and O–H groups in total. The number of rotatable bonds is 5. The van der Waals surface area contributed by atoms with Crippen molar-refractivity contribution in [3.05, 3.63) is 30.0 Å². The van der Waals surface area contributed by atoms with Crippen LogP contribution in [0.3, 0.4) is 0 Å². The molecule has 0 aliphatic carbocycles. The number of aromatic nitrogens is 2. The number of hydrogen-bond acceptors (Lipinski definition) is 3. The summed E-state index contributed by atoms with van der Waals surface area (Å²) in [5.41, 5.74) is 1.08. The first kappa shape index (κ1) is 15.0. The molecule has 0 saturated carbocycles. The molecule has 0 bridgehead atoms. The van der Waals surface area contributed by atoms with Gasteiger partial charge in [0.05, 0.1) is 5.52 Å². The van der Waals surface area contributed by atoms with Crippen molar-refractivity contribution >= 4 is 22.8 Å². The van der Waals surface area contributed by atoms with Gasteiger partial charge in [-0.15, -0.1) is 0 Å². The molecule has 6 nitrogen and oxygen atoms in total. The Hall–Kier alpha value is -2.37. The van der Waals surface area contributed by atoms with E-state index in [1.165, 1.54) is 0 Å². The summed E-state index contributed by atoms with van der Waals surface area (Å²) in [4.78, 5) is 23.7. The van der Waals surface area contributed by atoms with E-state index in [1.54, 1.807) is 24.7 Å². The van der Waals surface area contributed by atoms with Gasteiger partial charge in [-0.1, -0.05) is 38.5 Å². The van der Waals surface area contributed by atoms with Crippen LogP contribution in [0.25, 0.3) is 10.9 Å². The minimum Gasteiger partial charge on any atom is -0.480 e. The van der Waals surface area contributed by atoms with E-state index in [2.05, 4.69) is 10.4 Å². The average molecular weight is 289 g/mol. The molecule has 21 heavy (non-hydrogen) atoms. The van der Waals surface area contributed by atoms with Crippen LogP contribution in [-0.2, 0) is 11.8 Å². The molecule has 1 aromatic carbocycles. The molecule has 0 saturated heterocycles. The second kappa shape index (κ2) is 5.95. The number of carbonyl (C=O) groups is 2. The number of carboxylic acid groups (broad SMARTS) is 1. The monoisotopic (exact) mass is 289 g/mol. The molecule has 0 aliphatic rings. The van der Waals surface area contributed by atoms with Gasteiger partial charge < -0.3 is 10.4 Å². The molecule has 1 heterocycles. The van der Waals surface area contributed by atoms with Crippen molar-refractivity contribution in [2.24, 2.45) is 13.0 Å². The zero-order valence-corrected chi connectivity index (χ0v) is 12.3. The molecular weight excluding hydrogens is 270 g/mol. The van der Waals surface area contributed by atoms with E-state index in [-0.39, 0.29) is 11.6 Å². The third-order valence-electron chi connectivity index (χ3n) is 3.74. The first-order chi connectivity index (χ1) is 9.95. The Balaban J connectivity index is 2.32. The number of hydrogen-bond donors (Lipinski definition) is 2. The molecule has 1 unspecified atom stereocenters. The Bertz CT molecular complexity index is 678. The Morgan fingerprint density at radius 2 is 2.05 bits per heavy atom. The highest BCUT2D eigenvalue weighted by atomic mass is 16.4. The summed E-state index contributed by atoms with van der Waals surface area (Å²) < 4.78 is 1.61. The van der Waals surface area contributed by atoms with E-state index in [0.717, 1.165) is 5.52 Å². The van der Waals surface area contributed by atoms with Crippen molar-refractivity contribution in [1.29, 1.82) is 0 Å². The van der Waals surface area contributed by atoms with Crippen molar-refractivity contribution in [2.45, 2.75) is 26.3 Å². The summed E-state index contributed by atoms with van der Waals surface area (Å²) in [5, 5.41) is 16.7. The number of aryl methyl sites for hydroxylation is 1. The Kier molecular flexibility index (Phi) is 4.26. The van der Waals surface area contributed by atoms with Crippen molar-refractivity contribution in [1.82, 2.24) is 15.1 Å². The van der Waals surface area contributed by atoms with E-state index in [4.69, 9.17) is 0 Å². The van der Waals surface area contributed by atoms with E-state index < -0.39 is 17.9 Å². The van der Waals surface area contributed by atoms with Gasteiger partial charge in [0.15, 0.2) is 5.69 Å². The van der Waals surface area contributed by atoms with Crippen molar-refractivity contribution in [3.8, 4) is 0 Å². The quantitative estimate of drug-likeness (QED) is 0.879. The normalized spacial score (nSPS) is 13.9. The van der Waals surface area contributed by atoms with Gasteiger partial charge in [0.25, 0.3) is 5.91 Å². The van der Waals surface area contributed by atoms with E-state index >= 15 is 0 Å². The standard InChI is InChI=1S/C15H19N3O3/c1-4-9(2)12(15(20)21)16-14(19)13-10-7-5-6-8-11(10)18(3)17-13/h5-9,12H,4H2,1-3H3,(H,16,19)(H,20,21)/t9?,12-/m0/s1. The summed E-state index contributed by atoms with van der Waals surface area (Å²) >= 11 is 0. The number of aliphatic carboxylic acids is 1. The molecule has 112 valence electrons. The van der Waals surface area contributed by atoms with E-state index in [1.807, 2.05) is 25.1 Å². The van der Waals surface area contributed by atoms with Gasteiger partial charge in [-0.3, -0.25) is 9.48 Å².